The van der Waals surface area contributed by atoms with Crippen molar-refractivity contribution in [2.75, 3.05) is 6.54 Å². The van der Waals surface area contributed by atoms with Crippen LogP contribution in [0.15, 0.2) is 40.9 Å². The normalized spacial score (nSPS) is 10.6. The average Bonchev–Trinajstić information content (AvgIpc) is 2.41. The van der Waals surface area contributed by atoms with Crippen molar-refractivity contribution in [3.63, 3.8) is 0 Å². The zero-order valence-corrected chi connectivity index (χ0v) is 13.9. The van der Waals surface area contributed by atoms with E-state index in [0.29, 0.717) is 5.02 Å². The van der Waals surface area contributed by atoms with Crippen LogP contribution in [0.4, 0.5) is 0 Å². The first kappa shape index (κ1) is 15.4. The minimum Gasteiger partial charge on any atom is -0.456 e. The van der Waals surface area contributed by atoms with Gasteiger partial charge in [-0.3, -0.25) is 0 Å². The van der Waals surface area contributed by atoms with Gasteiger partial charge in [-0.1, -0.05) is 30.7 Å². The third-order valence-corrected chi connectivity index (χ3v) is 3.88. The van der Waals surface area contributed by atoms with Crippen molar-refractivity contribution in [2.45, 2.75) is 20.4 Å². The molecule has 0 unspecified atom stereocenters. The number of nitrogens with one attached hydrogen (secondary N) is 1. The molecule has 0 bridgehead atoms. The third kappa shape index (κ3) is 3.98. The van der Waals surface area contributed by atoms with Crippen LogP contribution in [-0.2, 0) is 6.54 Å². The van der Waals surface area contributed by atoms with E-state index < -0.39 is 0 Å². The van der Waals surface area contributed by atoms with E-state index in [2.05, 4.69) is 28.2 Å². The van der Waals surface area contributed by atoms with Gasteiger partial charge >= 0.3 is 0 Å². The Labute approximate surface area is 133 Å². The molecule has 0 spiro atoms. The average molecular weight is 355 g/mol. The standard InChI is InChI=1S/C16H17BrClNO/c1-3-19-10-12-5-6-13(9-15(12)18)20-16-7-4-11(2)8-14(16)17/h4-9,19H,3,10H2,1-2H3. The van der Waals surface area contributed by atoms with Gasteiger partial charge in [0.2, 0.25) is 0 Å². The first-order valence-corrected chi connectivity index (χ1v) is 7.70. The van der Waals surface area contributed by atoms with Gasteiger partial charge in [0, 0.05) is 11.6 Å². The van der Waals surface area contributed by atoms with E-state index in [-0.39, 0.29) is 0 Å². The van der Waals surface area contributed by atoms with Crippen molar-refractivity contribution in [3.8, 4) is 11.5 Å². The number of aryl methyl sites for hydroxylation is 1. The van der Waals surface area contributed by atoms with Crippen LogP contribution in [0, 0.1) is 6.92 Å². The largest absolute Gasteiger partial charge is 0.456 e. The molecule has 4 heteroatoms. The predicted molar refractivity (Wildman–Crippen MR) is 87.8 cm³/mol. The van der Waals surface area contributed by atoms with Crippen molar-refractivity contribution >= 4 is 27.5 Å². The molecule has 0 amide bonds. The van der Waals surface area contributed by atoms with E-state index in [1.54, 1.807) is 0 Å². The van der Waals surface area contributed by atoms with Crippen LogP contribution < -0.4 is 10.1 Å². The fourth-order valence-electron chi connectivity index (χ4n) is 1.81. The summed E-state index contributed by atoms with van der Waals surface area (Å²) in [7, 11) is 0. The van der Waals surface area contributed by atoms with Gasteiger partial charge in [-0.05, 0) is 64.8 Å². The molecule has 0 saturated carbocycles. The summed E-state index contributed by atoms with van der Waals surface area (Å²) in [5, 5.41) is 3.97. The van der Waals surface area contributed by atoms with Crippen LogP contribution in [0.2, 0.25) is 5.02 Å². The molecule has 2 aromatic rings. The molecule has 0 fully saturated rings. The lowest BCUT2D eigenvalue weighted by molar-refractivity contribution is 0.479. The van der Waals surface area contributed by atoms with Crippen molar-refractivity contribution < 1.29 is 4.74 Å². The highest BCUT2D eigenvalue weighted by Gasteiger charge is 2.06. The summed E-state index contributed by atoms with van der Waals surface area (Å²) in [5.41, 5.74) is 2.26. The zero-order valence-electron chi connectivity index (χ0n) is 11.5. The Bertz CT molecular complexity index is 601. The van der Waals surface area contributed by atoms with Crippen LogP contribution >= 0.6 is 27.5 Å². The molecule has 0 saturated heterocycles. The van der Waals surface area contributed by atoms with Gasteiger partial charge in [-0.2, -0.15) is 0 Å². The summed E-state index contributed by atoms with van der Waals surface area (Å²) in [6, 6.07) is 11.8. The fourth-order valence-corrected chi connectivity index (χ4v) is 2.62. The number of benzene rings is 2. The number of ether oxygens (including phenoxy) is 1. The Morgan fingerprint density at radius 2 is 2.00 bits per heavy atom. The van der Waals surface area contributed by atoms with Gasteiger partial charge in [0.25, 0.3) is 0 Å². The van der Waals surface area contributed by atoms with Crippen molar-refractivity contribution in [3.05, 3.63) is 57.0 Å². The molecule has 0 aliphatic rings. The molecule has 0 aliphatic heterocycles. The van der Waals surface area contributed by atoms with E-state index in [4.69, 9.17) is 16.3 Å². The van der Waals surface area contributed by atoms with Crippen molar-refractivity contribution in [1.29, 1.82) is 0 Å². The van der Waals surface area contributed by atoms with Crippen molar-refractivity contribution in [2.24, 2.45) is 0 Å². The lowest BCUT2D eigenvalue weighted by Gasteiger charge is -2.11. The topological polar surface area (TPSA) is 21.3 Å². The van der Waals surface area contributed by atoms with E-state index >= 15 is 0 Å². The SMILES string of the molecule is CCNCc1ccc(Oc2ccc(C)cc2Br)cc1Cl. The molecular formula is C16H17BrClNO. The van der Waals surface area contributed by atoms with E-state index in [1.807, 2.05) is 43.3 Å². The Morgan fingerprint density at radius 1 is 1.20 bits per heavy atom. The van der Waals surface area contributed by atoms with E-state index in [1.165, 1.54) is 5.56 Å². The lowest BCUT2D eigenvalue weighted by atomic mass is 10.2. The number of rotatable bonds is 5. The summed E-state index contributed by atoms with van der Waals surface area (Å²) in [6.45, 7) is 5.80. The Hall–Kier alpha value is -1.03. The first-order valence-electron chi connectivity index (χ1n) is 6.53. The van der Waals surface area contributed by atoms with Gasteiger partial charge in [0.1, 0.15) is 11.5 Å². The second-order valence-electron chi connectivity index (χ2n) is 4.57. The monoisotopic (exact) mass is 353 g/mol. The Morgan fingerprint density at radius 3 is 2.65 bits per heavy atom. The maximum absolute atomic E-state index is 6.26. The second kappa shape index (κ2) is 7.11. The molecule has 0 atom stereocenters. The summed E-state index contributed by atoms with van der Waals surface area (Å²) in [5.74, 6) is 1.52. The summed E-state index contributed by atoms with van der Waals surface area (Å²) in [4.78, 5) is 0. The molecule has 2 rings (SSSR count). The molecule has 0 heterocycles. The highest BCUT2D eigenvalue weighted by atomic mass is 79.9. The molecule has 20 heavy (non-hydrogen) atoms. The maximum Gasteiger partial charge on any atom is 0.141 e. The van der Waals surface area contributed by atoms with Gasteiger partial charge in [0.15, 0.2) is 0 Å². The van der Waals surface area contributed by atoms with Gasteiger partial charge in [0.05, 0.1) is 4.47 Å². The first-order chi connectivity index (χ1) is 9.60. The quantitative estimate of drug-likeness (QED) is 0.785. The number of hydrogen-bond donors (Lipinski definition) is 1. The highest BCUT2D eigenvalue weighted by molar-refractivity contribution is 9.10. The van der Waals surface area contributed by atoms with Crippen LogP contribution in [0.25, 0.3) is 0 Å². The Balaban J connectivity index is 2.15. The van der Waals surface area contributed by atoms with Gasteiger partial charge in [-0.25, -0.2) is 0 Å². The third-order valence-electron chi connectivity index (χ3n) is 2.91. The van der Waals surface area contributed by atoms with Crippen LogP contribution in [0.3, 0.4) is 0 Å². The van der Waals surface area contributed by atoms with Crippen LogP contribution in [0.1, 0.15) is 18.1 Å². The van der Waals surface area contributed by atoms with Gasteiger partial charge < -0.3 is 10.1 Å². The summed E-state index contributed by atoms with van der Waals surface area (Å²) >= 11 is 9.77. The molecule has 0 radical (unpaired) electrons. The fraction of sp³-hybridized carbons (Fsp3) is 0.250. The molecule has 0 aliphatic carbocycles. The van der Waals surface area contributed by atoms with Crippen molar-refractivity contribution in [1.82, 2.24) is 5.32 Å². The molecule has 0 aromatic heterocycles. The van der Waals surface area contributed by atoms with Crippen LogP contribution in [0.5, 0.6) is 11.5 Å². The van der Waals surface area contributed by atoms with E-state index in [0.717, 1.165) is 34.6 Å². The molecule has 2 aromatic carbocycles. The van der Waals surface area contributed by atoms with Gasteiger partial charge in [-0.15, -0.1) is 0 Å². The summed E-state index contributed by atoms with van der Waals surface area (Å²) in [6.07, 6.45) is 0. The zero-order chi connectivity index (χ0) is 14.5. The van der Waals surface area contributed by atoms with Crippen LogP contribution in [-0.4, -0.2) is 6.54 Å². The number of halogens is 2. The number of hydrogen-bond acceptors (Lipinski definition) is 2. The molecule has 2 nitrogen and oxygen atoms in total. The Kier molecular flexibility index (Phi) is 5.46. The maximum atomic E-state index is 6.26. The minimum absolute atomic E-state index is 0.715. The predicted octanol–water partition coefficient (Wildman–Crippen LogP) is 5.31. The molecule has 1 N–H and O–H groups in total. The molecular weight excluding hydrogens is 338 g/mol. The lowest BCUT2D eigenvalue weighted by Crippen LogP contribution is -2.11. The molecule has 106 valence electrons. The summed E-state index contributed by atoms with van der Waals surface area (Å²) < 4.78 is 6.79. The smallest absolute Gasteiger partial charge is 0.141 e. The van der Waals surface area contributed by atoms with E-state index in [9.17, 15) is 0 Å². The second-order valence-corrected chi connectivity index (χ2v) is 5.83. The highest BCUT2D eigenvalue weighted by Crippen LogP contribution is 2.32. The minimum atomic E-state index is 0.715.